The molecule has 0 spiro atoms. The van der Waals surface area contributed by atoms with Crippen molar-refractivity contribution in [1.82, 2.24) is 14.9 Å². The highest BCUT2D eigenvalue weighted by Crippen LogP contribution is 2.40. The predicted octanol–water partition coefficient (Wildman–Crippen LogP) is 6.50. The van der Waals surface area contributed by atoms with Crippen LogP contribution in [0, 0.1) is 11.3 Å². The number of nitrogens with one attached hydrogen (secondary N) is 1. The molecule has 3 aromatic rings. The van der Waals surface area contributed by atoms with Crippen molar-refractivity contribution < 1.29 is 9.53 Å². The molecule has 41 heavy (non-hydrogen) atoms. The van der Waals surface area contributed by atoms with Crippen LogP contribution in [0.1, 0.15) is 19.4 Å². The topological polar surface area (TPSA) is 144 Å². The lowest BCUT2D eigenvalue weighted by Gasteiger charge is -2.38. The lowest BCUT2D eigenvalue weighted by atomic mass is 10.1. The van der Waals surface area contributed by atoms with Crippen LogP contribution in [0.5, 0.6) is 5.75 Å². The van der Waals surface area contributed by atoms with Crippen LogP contribution in [0.15, 0.2) is 75.7 Å². The Hall–Kier alpha value is -4.73. The van der Waals surface area contributed by atoms with Crippen molar-refractivity contribution in [2.24, 2.45) is 20.5 Å². The van der Waals surface area contributed by atoms with Gasteiger partial charge in [0.05, 0.1) is 30.2 Å². The first-order chi connectivity index (χ1) is 19.8. The maximum absolute atomic E-state index is 12.3. The molecule has 1 amide bonds. The van der Waals surface area contributed by atoms with Gasteiger partial charge in [-0.05, 0) is 38.1 Å². The summed E-state index contributed by atoms with van der Waals surface area (Å²) in [5.74, 6) is 0.137. The van der Waals surface area contributed by atoms with E-state index >= 15 is 0 Å². The number of azo groups is 2. The van der Waals surface area contributed by atoms with Gasteiger partial charge in [0.25, 0.3) is 5.95 Å². The van der Waals surface area contributed by atoms with Crippen molar-refractivity contribution in [2.45, 2.75) is 19.9 Å². The smallest absolute Gasteiger partial charge is 0.271 e. The standard InChI is InChI=1S/C28H29ClN10O2/c1-5-26(40)32-22-14-23(25(41-4)15-24(22)39-12-10-38(11-13-39)18(2)3)35-37-28-31-17-20(29)27(33-28)36-34-21-9-7-6-8-19(21)16-30/h5-9,14-15,17-18H,1,10-13H2,2-4H3,(H,32,40). The molecule has 210 valence electrons. The minimum Gasteiger partial charge on any atom is -0.494 e. The van der Waals surface area contributed by atoms with Crippen LogP contribution in [0.3, 0.4) is 0 Å². The highest BCUT2D eigenvalue weighted by molar-refractivity contribution is 6.32. The largest absolute Gasteiger partial charge is 0.494 e. The second kappa shape index (κ2) is 13.6. The summed E-state index contributed by atoms with van der Waals surface area (Å²) in [4.78, 5) is 25.2. The van der Waals surface area contributed by atoms with Gasteiger partial charge in [-0.3, -0.25) is 9.69 Å². The third kappa shape index (κ3) is 7.27. The Morgan fingerprint density at radius 3 is 2.56 bits per heavy atom. The van der Waals surface area contributed by atoms with Crippen LogP contribution < -0.4 is 15.0 Å². The molecule has 4 rings (SSSR count). The molecule has 2 aromatic carbocycles. The normalized spacial score (nSPS) is 14.0. The van der Waals surface area contributed by atoms with Crippen LogP contribution in [0.2, 0.25) is 5.02 Å². The summed E-state index contributed by atoms with van der Waals surface area (Å²) in [6.07, 6.45) is 2.54. The van der Waals surface area contributed by atoms with E-state index in [9.17, 15) is 10.1 Å². The van der Waals surface area contributed by atoms with Crippen LogP contribution in [0.4, 0.5) is 34.5 Å². The molecule has 1 aliphatic heterocycles. The monoisotopic (exact) mass is 572 g/mol. The van der Waals surface area contributed by atoms with E-state index in [2.05, 4.69) is 72.0 Å². The number of rotatable bonds is 9. The van der Waals surface area contributed by atoms with Crippen molar-refractivity contribution in [1.29, 1.82) is 5.26 Å². The number of carbonyl (C=O) groups is 1. The Bertz CT molecular complexity index is 1520. The van der Waals surface area contributed by atoms with Gasteiger partial charge in [-0.2, -0.15) is 10.2 Å². The fraction of sp³-hybridized carbons (Fsp3) is 0.286. The van der Waals surface area contributed by atoms with E-state index in [1.807, 2.05) is 6.07 Å². The number of benzene rings is 2. The molecule has 12 nitrogen and oxygen atoms in total. The number of hydrogen-bond donors (Lipinski definition) is 1. The Morgan fingerprint density at radius 2 is 1.88 bits per heavy atom. The average Bonchev–Trinajstić information content (AvgIpc) is 3.00. The molecule has 1 saturated heterocycles. The van der Waals surface area contributed by atoms with E-state index in [0.717, 1.165) is 31.9 Å². The number of anilines is 2. The van der Waals surface area contributed by atoms with Gasteiger partial charge < -0.3 is 15.0 Å². The number of piperazine rings is 1. The summed E-state index contributed by atoms with van der Waals surface area (Å²) in [5, 5.41) is 28.9. The molecule has 0 aliphatic carbocycles. The number of nitriles is 1. The van der Waals surface area contributed by atoms with Crippen LogP contribution in [-0.4, -0.2) is 60.1 Å². The van der Waals surface area contributed by atoms with Gasteiger partial charge in [0, 0.05) is 38.3 Å². The summed E-state index contributed by atoms with van der Waals surface area (Å²) in [6.45, 7) is 11.3. The number of methoxy groups -OCH3 is 1. The van der Waals surface area contributed by atoms with E-state index < -0.39 is 0 Å². The van der Waals surface area contributed by atoms with Gasteiger partial charge >= 0.3 is 0 Å². The van der Waals surface area contributed by atoms with Gasteiger partial charge in [-0.25, -0.2) is 4.98 Å². The molecule has 2 heterocycles. The first-order valence-electron chi connectivity index (χ1n) is 12.8. The number of hydrogen-bond acceptors (Lipinski definition) is 11. The maximum Gasteiger partial charge on any atom is 0.271 e. The van der Waals surface area contributed by atoms with E-state index in [0.29, 0.717) is 34.4 Å². The summed E-state index contributed by atoms with van der Waals surface area (Å²) in [5.41, 5.74) is 2.43. The second-order valence-corrected chi connectivity index (χ2v) is 9.63. The zero-order chi connectivity index (χ0) is 29.4. The highest BCUT2D eigenvalue weighted by atomic mass is 35.5. The summed E-state index contributed by atoms with van der Waals surface area (Å²) >= 11 is 6.21. The first kappa shape index (κ1) is 29.3. The maximum atomic E-state index is 12.3. The van der Waals surface area contributed by atoms with Crippen molar-refractivity contribution in [3.8, 4) is 11.8 Å². The summed E-state index contributed by atoms with van der Waals surface area (Å²) < 4.78 is 5.62. The van der Waals surface area contributed by atoms with Gasteiger partial charge in [-0.15, -0.1) is 20.5 Å². The van der Waals surface area contributed by atoms with E-state index in [-0.39, 0.29) is 22.7 Å². The fourth-order valence-electron chi connectivity index (χ4n) is 4.15. The van der Waals surface area contributed by atoms with Crippen molar-refractivity contribution in [3.63, 3.8) is 0 Å². The third-order valence-electron chi connectivity index (χ3n) is 6.36. The van der Waals surface area contributed by atoms with E-state index in [1.54, 1.807) is 30.3 Å². The number of nitrogens with zero attached hydrogens (tertiary/aromatic N) is 9. The molecule has 1 aromatic heterocycles. The Kier molecular flexibility index (Phi) is 9.68. The van der Waals surface area contributed by atoms with Crippen molar-refractivity contribution in [3.05, 3.63) is 65.8 Å². The van der Waals surface area contributed by atoms with Crippen LogP contribution >= 0.6 is 11.6 Å². The minimum atomic E-state index is -0.353. The Balaban J connectivity index is 1.63. The molecular formula is C28H29ClN10O2. The molecule has 1 fully saturated rings. The highest BCUT2D eigenvalue weighted by Gasteiger charge is 2.23. The van der Waals surface area contributed by atoms with E-state index in [1.165, 1.54) is 19.4 Å². The zero-order valence-electron chi connectivity index (χ0n) is 23.0. The molecule has 1 aliphatic rings. The average molecular weight is 573 g/mol. The van der Waals surface area contributed by atoms with Gasteiger partial charge in [0.15, 0.2) is 5.82 Å². The number of amides is 1. The number of aromatic nitrogens is 2. The fourth-order valence-corrected chi connectivity index (χ4v) is 4.28. The quantitative estimate of drug-likeness (QED) is 0.228. The van der Waals surface area contributed by atoms with Gasteiger partial charge in [-0.1, -0.05) is 30.3 Å². The lowest BCUT2D eigenvalue weighted by molar-refractivity contribution is -0.111. The van der Waals surface area contributed by atoms with Crippen molar-refractivity contribution in [2.75, 3.05) is 43.5 Å². The number of ether oxygens (including phenoxy) is 1. The number of halogens is 1. The molecule has 0 unspecified atom stereocenters. The number of carbonyl (C=O) groups excluding carboxylic acids is 1. The van der Waals surface area contributed by atoms with Crippen molar-refractivity contribution >= 4 is 52.0 Å². The summed E-state index contributed by atoms with van der Waals surface area (Å²) in [6, 6.07) is 12.8. The minimum absolute atomic E-state index is 0.0236. The molecule has 1 N–H and O–H groups in total. The molecule has 0 atom stereocenters. The molecule has 0 saturated carbocycles. The Morgan fingerprint density at radius 1 is 1.15 bits per heavy atom. The van der Waals surface area contributed by atoms with Gasteiger partial charge in [0.1, 0.15) is 28.2 Å². The van der Waals surface area contributed by atoms with Crippen LogP contribution in [-0.2, 0) is 4.79 Å². The Labute approximate surface area is 243 Å². The first-order valence-corrected chi connectivity index (χ1v) is 13.2. The summed E-state index contributed by atoms with van der Waals surface area (Å²) in [7, 11) is 1.53. The lowest BCUT2D eigenvalue weighted by Crippen LogP contribution is -2.49. The molecular weight excluding hydrogens is 544 g/mol. The third-order valence-corrected chi connectivity index (χ3v) is 6.63. The zero-order valence-corrected chi connectivity index (χ0v) is 23.7. The molecule has 13 heteroatoms. The van der Waals surface area contributed by atoms with Crippen LogP contribution in [0.25, 0.3) is 0 Å². The van der Waals surface area contributed by atoms with Gasteiger partial charge in [0.2, 0.25) is 5.91 Å². The SMILES string of the molecule is C=CC(=O)Nc1cc(N=Nc2ncc(Cl)c(N=Nc3ccccc3C#N)n2)c(OC)cc1N1CCN(C(C)C)CC1. The second-order valence-electron chi connectivity index (χ2n) is 9.22. The molecule has 0 bridgehead atoms. The molecule has 0 radical (unpaired) electrons. The van der Waals surface area contributed by atoms with E-state index in [4.69, 9.17) is 16.3 Å². The predicted molar refractivity (Wildman–Crippen MR) is 157 cm³/mol.